The van der Waals surface area contributed by atoms with Crippen LogP contribution in [0.25, 0.3) is 0 Å². The Bertz CT molecular complexity index is 484. The van der Waals surface area contributed by atoms with Gasteiger partial charge in [-0.2, -0.15) is 5.26 Å². The molecule has 0 amide bonds. The fraction of sp³-hybridized carbons (Fsp3) is 0.364. The molecule has 0 aliphatic heterocycles. The molecule has 0 spiro atoms. The molecule has 0 bridgehead atoms. The Morgan fingerprint density at radius 2 is 1.88 bits per heavy atom. The zero-order chi connectivity index (χ0) is 12.2. The van der Waals surface area contributed by atoms with Crippen LogP contribution in [0.4, 0.5) is 0 Å². The Balaban J connectivity index is 2.87. The van der Waals surface area contributed by atoms with Crippen molar-refractivity contribution in [2.45, 2.75) is 18.7 Å². The van der Waals surface area contributed by atoms with Crippen LogP contribution in [0.1, 0.15) is 19.4 Å². The lowest BCUT2D eigenvalue weighted by Crippen LogP contribution is -2.27. The molecule has 0 fully saturated rings. The second-order valence-corrected chi connectivity index (χ2v) is 5.65. The number of benzene rings is 1. The summed E-state index contributed by atoms with van der Waals surface area (Å²) in [4.78, 5) is 0.187. The summed E-state index contributed by atoms with van der Waals surface area (Å²) in [6.07, 6.45) is 0. The second kappa shape index (κ2) is 5.10. The van der Waals surface area contributed by atoms with E-state index in [0.717, 1.165) is 0 Å². The van der Waals surface area contributed by atoms with E-state index in [0.29, 0.717) is 12.1 Å². The summed E-state index contributed by atoms with van der Waals surface area (Å²) >= 11 is 0. The maximum absolute atomic E-state index is 11.7. The summed E-state index contributed by atoms with van der Waals surface area (Å²) in [7, 11) is -3.44. The SMILES string of the molecule is CC(C)CNS(=O)(=O)c1ccc(C#N)cc1. The zero-order valence-corrected chi connectivity index (χ0v) is 10.1. The summed E-state index contributed by atoms with van der Waals surface area (Å²) in [5, 5.41) is 8.59. The van der Waals surface area contributed by atoms with Crippen molar-refractivity contribution in [2.75, 3.05) is 6.54 Å². The number of rotatable bonds is 4. The van der Waals surface area contributed by atoms with Gasteiger partial charge in [-0.3, -0.25) is 0 Å². The van der Waals surface area contributed by atoms with Crippen molar-refractivity contribution in [1.29, 1.82) is 5.26 Å². The highest BCUT2D eigenvalue weighted by Gasteiger charge is 2.13. The van der Waals surface area contributed by atoms with Crippen LogP contribution in [0.5, 0.6) is 0 Å². The lowest BCUT2D eigenvalue weighted by molar-refractivity contribution is 0.560. The van der Waals surface area contributed by atoms with E-state index in [1.165, 1.54) is 24.3 Å². The lowest BCUT2D eigenvalue weighted by Gasteiger charge is -2.08. The molecule has 86 valence electrons. The van der Waals surface area contributed by atoms with Crippen LogP contribution in [-0.2, 0) is 10.0 Å². The van der Waals surface area contributed by atoms with Crippen molar-refractivity contribution < 1.29 is 8.42 Å². The van der Waals surface area contributed by atoms with E-state index in [1.54, 1.807) is 0 Å². The molecule has 0 radical (unpaired) electrons. The van der Waals surface area contributed by atoms with Crippen LogP contribution < -0.4 is 4.72 Å². The smallest absolute Gasteiger partial charge is 0.211 e. The van der Waals surface area contributed by atoms with Crippen LogP contribution in [0.2, 0.25) is 0 Å². The van der Waals surface area contributed by atoms with Gasteiger partial charge in [-0.1, -0.05) is 13.8 Å². The number of nitrogens with one attached hydrogen (secondary N) is 1. The standard InChI is InChI=1S/C11H14N2O2S/c1-9(2)8-13-16(14,15)11-5-3-10(7-12)4-6-11/h3-6,9,13H,8H2,1-2H3. The Hall–Kier alpha value is -1.38. The molecule has 0 unspecified atom stereocenters. The second-order valence-electron chi connectivity index (χ2n) is 3.88. The Morgan fingerprint density at radius 1 is 1.31 bits per heavy atom. The van der Waals surface area contributed by atoms with Gasteiger partial charge in [-0.05, 0) is 30.2 Å². The number of nitriles is 1. The number of hydrogen-bond donors (Lipinski definition) is 1. The molecular weight excluding hydrogens is 224 g/mol. The zero-order valence-electron chi connectivity index (χ0n) is 9.27. The third-order valence-electron chi connectivity index (χ3n) is 1.98. The lowest BCUT2D eigenvalue weighted by atomic mass is 10.2. The first kappa shape index (κ1) is 12.7. The summed E-state index contributed by atoms with van der Waals surface area (Å²) in [5.41, 5.74) is 0.447. The Kier molecular flexibility index (Phi) is 4.05. The van der Waals surface area contributed by atoms with Crippen molar-refractivity contribution >= 4 is 10.0 Å². The van der Waals surface area contributed by atoms with Gasteiger partial charge in [0.05, 0.1) is 16.5 Å². The quantitative estimate of drug-likeness (QED) is 0.864. The Labute approximate surface area is 96.0 Å². The van der Waals surface area contributed by atoms with Crippen molar-refractivity contribution in [2.24, 2.45) is 5.92 Å². The molecule has 16 heavy (non-hydrogen) atoms. The van der Waals surface area contributed by atoms with Gasteiger partial charge in [0.2, 0.25) is 10.0 Å². The van der Waals surface area contributed by atoms with Crippen LogP contribution in [0.3, 0.4) is 0 Å². The third kappa shape index (κ3) is 3.33. The van der Waals surface area contributed by atoms with Crippen molar-refractivity contribution in [3.8, 4) is 6.07 Å². The van der Waals surface area contributed by atoms with E-state index >= 15 is 0 Å². The van der Waals surface area contributed by atoms with Crippen molar-refractivity contribution in [3.63, 3.8) is 0 Å². The van der Waals surface area contributed by atoms with Crippen LogP contribution in [-0.4, -0.2) is 15.0 Å². The van der Waals surface area contributed by atoms with E-state index in [4.69, 9.17) is 5.26 Å². The summed E-state index contributed by atoms with van der Waals surface area (Å²) in [6, 6.07) is 7.78. The molecule has 0 aromatic heterocycles. The fourth-order valence-electron chi connectivity index (χ4n) is 1.07. The molecule has 0 saturated carbocycles. The summed E-state index contributed by atoms with van der Waals surface area (Å²) in [5.74, 6) is 0.258. The minimum atomic E-state index is -3.44. The van der Waals surface area contributed by atoms with Gasteiger partial charge in [-0.15, -0.1) is 0 Å². The maximum atomic E-state index is 11.7. The predicted octanol–water partition coefficient (Wildman–Crippen LogP) is 1.49. The highest BCUT2D eigenvalue weighted by atomic mass is 32.2. The molecule has 1 aromatic rings. The van der Waals surface area contributed by atoms with E-state index < -0.39 is 10.0 Å². The van der Waals surface area contributed by atoms with Gasteiger partial charge in [0.15, 0.2) is 0 Å². The molecular formula is C11H14N2O2S. The molecule has 0 saturated heterocycles. The molecule has 1 rings (SSSR count). The van der Waals surface area contributed by atoms with E-state index in [-0.39, 0.29) is 10.8 Å². The van der Waals surface area contributed by atoms with E-state index in [2.05, 4.69) is 4.72 Å². The van der Waals surface area contributed by atoms with Gasteiger partial charge < -0.3 is 0 Å². The van der Waals surface area contributed by atoms with Crippen molar-refractivity contribution in [1.82, 2.24) is 4.72 Å². The Morgan fingerprint density at radius 3 is 2.31 bits per heavy atom. The third-order valence-corrected chi connectivity index (χ3v) is 3.41. The number of sulfonamides is 1. The van der Waals surface area contributed by atoms with Gasteiger partial charge in [0, 0.05) is 6.54 Å². The van der Waals surface area contributed by atoms with Crippen LogP contribution >= 0.6 is 0 Å². The number of hydrogen-bond acceptors (Lipinski definition) is 3. The molecule has 0 aliphatic rings. The molecule has 0 heterocycles. The molecule has 1 N–H and O–H groups in total. The first-order valence-corrected chi connectivity index (χ1v) is 6.44. The number of nitrogens with zero attached hydrogens (tertiary/aromatic N) is 1. The van der Waals surface area contributed by atoms with Gasteiger partial charge >= 0.3 is 0 Å². The monoisotopic (exact) mass is 238 g/mol. The van der Waals surface area contributed by atoms with E-state index in [1.807, 2.05) is 19.9 Å². The molecule has 0 aliphatic carbocycles. The first-order valence-electron chi connectivity index (χ1n) is 4.95. The highest BCUT2D eigenvalue weighted by Crippen LogP contribution is 2.10. The van der Waals surface area contributed by atoms with Gasteiger partial charge in [0.1, 0.15) is 0 Å². The van der Waals surface area contributed by atoms with Gasteiger partial charge in [0.25, 0.3) is 0 Å². The largest absolute Gasteiger partial charge is 0.240 e. The average molecular weight is 238 g/mol. The first-order chi connectivity index (χ1) is 7.45. The van der Waals surface area contributed by atoms with E-state index in [9.17, 15) is 8.42 Å². The van der Waals surface area contributed by atoms with Crippen molar-refractivity contribution in [3.05, 3.63) is 29.8 Å². The maximum Gasteiger partial charge on any atom is 0.240 e. The summed E-state index contributed by atoms with van der Waals surface area (Å²) in [6.45, 7) is 4.27. The normalized spacial score (nSPS) is 11.4. The summed E-state index contributed by atoms with van der Waals surface area (Å²) < 4.78 is 26.0. The molecule has 4 nitrogen and oxygen atoms in total. The fourth-order valence-corrected chi connectivity index (χ4v) is 2.28. The highest BCUT2D eigenvalue weighted by molar-refractivity contribution is 7.89. The minimum absolute atomic E-state index is 0.187. The van der Waals surface area contributed by atoms with Crippen LogP contribution in [0, 0.1) is 17.2 Å². The van der Waals surface area contributed by atoms with Gasteiger partial charge in [-0.25, -0.2) is 13.1 Å². The average Bonchev–Trinajstić information content (AvgIpc) is 2.27. The topological polar surface area (TPSA) is 70.0 Å². The molecule has 5 heteroatoms. The predicted molar refractivity (Wildman–Crippen MR) is 61.2 cm³/mol. The minimum Gasteiger partial charge on any atom is -0.211 e. The van der Waals surface area contributed by atoms with Crippen LogP contribution in [0.15, 0.2) is 29.2 Å². The molecule has 1 aromatic carbocycles. The molecule has 0 atom stereocenters.